The molecule has 2 aromatic carbocycles. The Balaban J connectivity index is 1.14. The van der Waals surface area contributed by atoms with Gasteiger partial charge in [0.1, 0.15) is 6.33 Å². The number of carbonyl (C=O) groups is 2. The van der Waals surface area contributed by atoms with E-state index in [-0.39, 0.29) is 24.2 Å². The number of fused-ring (bicyclic) bond motifs is 1. The SMILES string of the molecule is Cc1ccc(-n2nnc3c(N4CCN(C(=O)C5CC(=O)N(c6ccccc6)C5)CC4)ncnc32)cc1. The largest absolute Gasteiger partial charge is 0.351 e. The lowest BCUT2D eigenvalue weighted by molar-refractivity contribution is -0.136. The van der Waals surface area contributed by atoms with E-state index in [0.29, 0.717) is 43.9 Å². The van der Waals surface area contributed by atoms with Crippen molar-refractivity contribution in [3.63, 3.8) is 0 Å². The Hall–Kier alpha value is -4.34. The van der Waals surface area contributed by atoms with E-state index in [4.69, 9.17) is 0 Å². The lowest BCUT2D eigenvalue weighted by Gasteiger charge is -2.36. The molecule has 1 atom stereocenters. The Morgan fingerprint density at radius 3 is 2.42 bits per heavy atom. The summed E-state index contributed by atoms with van der Waals surface area (Å²) in [7, 11) is 0. The monoisotopic (exact) mass is 482 g/mol. The van der Waals surface area contributed by atoms with Crippen molar-refractivity contribution in [2.24, 2.45) is 5.92 Å². The lowest BCUT2D eigenvalue weighted by atomic mass is 10.1. The van der Waals surface area contributed by atoms with Crippen molar-refractivity contribution in [3.05, 3.63) is 66.5 Å². The minimum atomic E-state index is -0.315. The smallest absolute Gasteiger partial charge is 0.228 e. The van der Waals surface area contributed by atoms with Gasteiger partial charge in [-0.3, -0.25) is 9.59 Å². The molecule has 2 amide bonds. The molecule has 0 radical (unpaired) electrons. The van der Waals surface area contributed by atoms with Gasteiger partial charge in [-0.05, 0) is 31.2 Å². The number of anilines is 2. The lowest BCUT2D eigenvalue weighted by Crippen LogP contribution is -2.51. The van der Waals surface area contributed by atoms with Crippen LogP contribution in [0.3, 0.4) is 0 Å². The van der Waals surface area contributed by atoms with Gasteiger partial charge in [0.25, 0.3) is 0 Å². The maximum atomic E-state index is 13.2. The first-order valence-corrected chi connectivity index (χ1v) is 12.1. The Bertz CT molecular complexity index is 1410. The van der Waals surface area contributed by atoms with Crippen molar-refractivity contribution in [3.8, 4) is 5.69 Å². The molecule has 2 aliphatic heterocycles. The van der Waals surface area contributed by atoms with Crippen LogP contribution >= 0.6 is 0 Å². The number of aryl methyl sites for hydroxylation is 1. The first-order valence-electron chi connectivity index (χ1n) is 12.1. The predicted molar refractivity (Wildman–Crippen MR) is 135 cm³/mol. The summed E-state index contributed by atoms with van der Waals surface area (Å²) in [4.78, 5) is 40.4. The second-order valence-corrected chi connectivity index (χ2v) is 9.26. The van der Waals surface area contributed by atoms with E-state index >= 15 is 0 Å². The number of amides is 2. The van der Waals surface area contributed by atoms with E-state index in [9.17, 15) is 9.59 Å². The van der Waals surface area contributed by atoms with E-state index in [0.717, 1.165) is 17.2 Å². The number of nitrogens with zero attached hydrogens (tertiary/aromatic N) is 8. The summed E-state index contributed by atoms with van der Waals surface area (Å²) in [6.07, 6.45) is 1.79. The van der Waals surface area contributed by atoms with Crippen molar-refractivity contribution in [1.82, 2.24) is 29.9 Å². The van der Waals surface area contributed by atoms with Crippen LogP contribution in [-0.4, -0.2) is 74.4 Å². The molecular formula is C26H26N8O2. The summed E-state index contributed by atoms with van der Waals surface area (Å²) < 4.78 is 1.72. The van der Waals surface area contributed by atoms with Crippen LogP contribution in [-0.2, 0) is 9.59 Å². The molecule has 2 aromatic heterocycles. The normalized spacial score (nSPS) is 18.3. The summed E-state index contributed by atoms with van der Waals surface area (Å²) in [6.45, 7) is 4.84. The molecule has 182 valence electrons. The number of carbonyl (C=O) groups excluding carboxylic acids is 2. The van der Waals surface area contributed by atoms with Crippen LogP contribution in [0, 0.1) is 12.8 Å². The topological polar surface area (TPSA) is 100 Å². The second-order valence-electron chi connectivity index (χ2n) is 9.26. The molecule has 0 saturated carbocycles. The van der Waals surface area contributed by atoms with E-state index in [1.54, 1.807) is 9.58 Å². The molecule has 4 heterocycles. The Kier molecular flexibility index (Phi) is 5.55. The summed E-state index contributed by atoms with van der Waals surface area (Å²) in [5, 5.41) is 8.70. The first kappa shape index (κ1) is 22.1. The number of benzene rings is 2. The van der Waals surface area contributed by atoms with Crippen molar-refractivity contribution < 1.29 is 9.59 Å². The fraction of sp³-hybridized carbons (Fsp3) is 0.308. The Morgan fingerprint density at radius 2 is 1.67 bits per heavy atom. The third-order valence-corrected chi connectivity index (χ3v) is 6.93. The molecule has 10 nitrogen and oxygen atoms in total. The Morgan fingerprint density at radius 1 is 0.917 bits per heavy atom. The third-order valence-electron chi connectivity index (χ3n) is 6.93. The molecule has 36 heavy (non-hydrogen) atoms. The zero-order valence-corrected chi connectivity index (χ0v) is 20.0. The number of hydrogen-bond donors (Lipinski definition) is 0. The van der Waals surface area contributed by atoms with Gasteiger partial charge < -0.3 is 14.7 Å². The van der Waals surface area contributed by atoms with Crippen LogP contribution in [0.25, 0.3) is 16.9 Å². The number of para-hydroxylation sites is 1. The summed E-state index contributed by atoms with van der Waals surface area (Å²) in [5.41, 5.74) is 4.18. The molecule has 4 aromatic rings. The third kappa shape index (κ3) is 3.94. The van der Waals surface area contributed by atoms with Gasteiger partial charge in [0.05, 0.1) is 11.6 Å². The number of rotatable bonds is 4. The van der Waals surface area contributed by atoms with Crippen LogP contribution < -0.4 is 9.80 Å². The van der Waals surface area contributed by atoms with Crippen molar-refractivity contribution >= 4 is 34.5 Å². The van der Waals surface area contributed by atoms with Gasteiger partial charge in [0.15, 0.2) is 17.0 Å². The maximum absolute atomic E-state index is 13.2. The van der Waals surface area contributed by atoms with Crippen LogP contribution in [0.4, 0.5) is 11.5 Å². The highest BCUT2D eigenvalue weighted by molar-refractivity contribution is 6.00. The fourth-order valence-corrected chi connectivity index (χ4v) is 4.96. The molecule has 0 aliphatic carbocycles. The molecule has 2 fully saturated rings. The highest BCUT2D eigenvalue weighted by Crippen LogP contribution is 2.28. The zero-order valence-electron chi connectivity index (χ0n) is 20.0. The van der Waals surface area contributed by atoms with E-state index in [1.807, 2.05) is 66.4 Å². The number of hydrogen-bond acceptors (Lipinski definition) is 7. The molecule has 10 heteroatoms. The molecule has 1 unspecified atom stereocenters. The standard InChI is InChI=1S/C26H26N8O2/c1-18-7-9-21(10-8-18)34-25-23(29-30-34)24(27-17-28-25)31-11-13-32(14-12-31)26(36)19-15-22(35)33(16-19)20-5-3-2-4-6-20/h2-10,17,19H,11-16H2,1H3. The van der Waals surface area contributed by atoms with Crippen LogP contribution in [0.2, 0.25) is 0 Å². The highest BCUT2D eigenvalue weighted by Gasteiger charge is 2.38. The second kappa shape index (κ2) is 9.03. The molecular weight excluding hydrogens is 456 g/mol. The maximum Gasteiger partial charge on any atom is 0.228 e. The van der Waals surface area contributed by atoms with Crippen molar-refractivity contribution in [2.75, 3.05) is 42.5 Å². The van der Waals surface area contributed by atoms with E-state index in [1.165, 1.54) is 11.9 Å². The number of aromatic nitrogens is 5. The molecule has 2 saturated heterocycles. The molecule has 0 N–H and O–H groups in total. The molecule has 0 spiro atoms. The van der Waals surface area contributed by atoms with Gasteiger partial charge in [-0.25, -0.2) is 9.97 Å². The van der Waals surface area contributed by atoms with Crippen molar-refractivity contribution in [2.45, 2.75) is 13.3 Å². The van der Waals surface area contributed by atoms with Gasteiger partial charge in [0, 0.05) is 44.8 Å². The minimum absolute atomic E-state index is 0.00164. The minimum Gasteiger partial charge on any atom is -0.351 e. The van der Waals surface area contributed by atoms with Gasteiger partial charge >= 0.3 is 0 Å². The average molecular weight is 483 g/mol. The van der Waals surface area contributed by atoms with Gasteiger partial charge in [-0.2, -0.15) is 4.68 Å². The predicted octanol–water partition coefficient (Wildman–Crippen LogP) is 2.22. The van der Waals surface area contributed by atoms with Crippen LogP contribution in [0.15, 0.2) is 60.9 Å². The fourth-order valence-electron chi connectivity index (χ4n) is 4.96. The molecule has 0 bridgehead atoms. The quantitative estimate of drug-likeness (QED) is 0.440. The number of piperazine rings is 1. The molecule has 2 aliphatic rings. The summed E-state index contributed by atoms with van der Waals surface area (Å²) >= 11 is 0. The van der Waals surface area contributed by atoms with Gasteiger partial charge in [0.2, 0.25) is 11.8 Å². The van der Waals surface area contributed by atoms with Crippen LogP contribution in [0.5, 0.6) is 0 Å². The van der Waals surface area contributed by atoms with Crippen molar-refractivity contribution in [1.29, 1.82) is 0 Å². The molecule has 6 rings (SSSR count). The van der Waals surface area contributed by atoms with Crippen LogP contribution in [0.1, 0.15) is 12.0 Å². The summed E-state index contributed by atoms with van der Waals surface area (Å²) in [6, 6.07) is 17.6. The highest BCUT2D eigenvalue weighted by atomic mass is 16.2. The van der Waals surface area contributed by atoms with E-state index < -0.39 is 0 Å². The summed E-state index contributed by atoms with van der Waals surface area (Å²) in [5.74, 6) is 0.444. The zero-order chi connectivity index (χ0) is 24.6. The van der Waals surface area contributed by atoms with Gasteiger partial charge in [-0.15, -0.1) is 5.10 Å². The first-order chi connectivity index (χ1) is 17.6. The Labute approximate surface area is 208 Å². The average Bonchev–Trinajstić information content (AvgIpc) is 3.53. The van der Waals surface area contributed by atoms with Gasteiger partial charge in [-0.1, -0.05) is 41.1 Å². The van der Waals surface area contributed by atoms with E-state index in [2.05, 4.69) is 25.2 Å².